The van der Waals surface area contributed by atoms with Gasteiger partial charge in [-0.3, -0.25) is 14.3 Å². The van der Waals surface area contributed by atoms with Crippen LogP contribution in [0.4, 0.5) is 5.13 Å². The molecule has 4 aromatic heterocycles. The summed E-state index contributed by atoms with van der Waals surface area (Å²) in [6.45, 7) is 0.466. The lowest BCUT2D eigenvalue weighted by molar-refractivity contribution is -0.113. The van der Waals surface area contributed by atoms with Crippen molar-refractivity contribution in [3.05, 3.63) is 59.3 Å². The van der Waals surface area contributed by atoms with Gasteiger partial charge in [0.05, 0.1) is 24.3 Å². The molecule has 1 amide bonds. The van der Waals surface area contributed by atoms with Crippen LogP contribution in [-0.2, 0) is 24.2 Å². The van der Waals surface area contributed by atoms with Gasteiger partial charge in [0.1, 0.15) is 5.76 Å². The third-order valence-electron chi connectivity index (χ3n) is 4.96. The molecule has 0 fully saturated rings. The number of furan rings is 1. The number of fused-ring (bicyclic) bond motifs is 1. The molecule has 0 radical (unpaired) electrons. The van der Waals surface area contributed by atoms with E-state index >= 15 is 0 Å². The lowest BCUT2D eigenvalue weighted by Crippen LogP contribution is -2.14. The first-order chi connectivity index (χ1) is 15.3. The summed E-state index contributed by atoms with van der Waals surface area (Å²) in [5.41, 5.74) is 1.99. The molecule has 31 heavy (non-hydrogen) atoms. The molecule has 0 aliphatic heterocycles. The number of aryl methyl sites for hydroxylation is 2. The largest absolute Gasteiger partial charge is 0.467 e. The molecule has 1 aliphatic rings. The summed E-state index contributed by atoms with van der Waals surface area (Å²) in [6, 6.07) is 7.53. The Morgan fingerprint density at radius 1 is 1.23 bits per heavy atom. The molecule has 4 heterocycles. The van der Waals surface area contributed by atoms with Gasteiger partial charge in [0.15, 0.2) is 16.1 Å². The number of thiazole rings is 1. The number of hydrogen-bond acceptors (Lipinski definition) is 8. The number of pyridine rings is 1. The van der Waals surface area contributed by atoms with Gasteiger partial charge < -0.3 is 9.73 Å². The van der Waals surface area contributed by atoms with Crippen molar-refractivity contribution >= 4 is 34.1 Å². The molecule has 0 saturated heterocycles. The molecule has 0 unspecified atom stereocenters. The van der Waals surface area contributed by atoms with E-state index in [-0.39, 0.29) is 11.7 Å². The van der Waals surface area contributed by atoms with Crippen LogP contribution in [0.5, 0.6) is 0 Å². The van der Waals surface area contributed by atoms with Crippen molar-refractivity contribution in [3.63, 3.8) is 0 Å². The highest BCUT2D eigenvalue weighted by Gasteiger charge is 2.19. The van der Waals surface area contributed by atoms with Crippen molar-refractivity contribution in [1.82, 2.24) is 24.7 Å². The molecule has 0 saturated carbocycles. The SMILES string of the molecule is O=C(CSc1nnc(-c2cccnc2)n1Cc1ccco1)Nc1nc2c(s1)CCCC2. The molecule has 158 valence electrons. The highest BCUT2D eigenvalue weighted by molar-refractivity contribution is 7.99. The zero-order valence-electron chi connectivity index (χ0n) is 16.7. The van der Waals surface area contributed by atoms with E-state index in [1.165, 1.54) is 29.5 Å². The Balaban J connectivity index is 1.31. The average Bonchev–Trinajstić information content (AvgIpc) is 3.53. The molecule has 10 heteroatoms. The van der Waals surface area contributed by atoms with E-state index in [0.717, 1.165) is 29.9 Å². The summed E-state index contributed by atoms with van der Waals surface area (Å²) >= 11 is 2.93. The fraction of sp³-hybridized carbons (Fsp3) is 0.286. The highest BCUT2D eigenvalue weighted by atomic mass is 32.2. The van der Waals surface area contributed by atoms with Gasteiger partial charge >= 0.3 is 0 Å². The van der Waals surface area contributed by atoms with Gasteiger partial charge in [0.25, 0.3) is 0 Å². The van der Waals surface area contributed by atoms with Crippen molar-refractivity contribution in [1.29, 1.82) is 0 Å². The second-order valence-corrected chi connectivity index (χ2v) is 9.17. The van der Waals surface area contributed by atoms with Crippen LogP contribution in [0.2, 0.25) is 0 Å². The zero-order chi connectivity index (χ0) is 21.0. The number of anilines is 1. The maximum Gasteiger partial charge on any atom is 0.236 e. The monoisotopic (exact) mass is 452 g/mol. The van der Waals surface area contributed by atoms with Crippen LogP contribution in [-0.4, -0.2) is 36.4 Å². The van der Waals surface area contributed by atoms with E-state index < -0.39 is 0 Å². The number of hydrogen-bond donors (Lipinski definition) is 1. The molecule has 4 aromatic rings. The summed E-state index contributed by atoms with van der Waals surface area (Å²) in [6.07, 6.45) is 9.53. The number of thioether (sulfide) groups is 1. The summed E-state index contributed by atoms with van der Waals surface area (Å²) in [5.74, 6) is 1.57. The van der Waals surface area contributed by atoms with Crippen LogP contribution >= 0.6 is 23.1 Å². The Kier molecular flexibility index (Phi) is 5.81. The summed E-state index contributed by atoms with van der Waals surface area (Å²) in [4.78, 5) is 22.6. The summed E-state index contributed by atoms with van der Waals surface area (Å²) < 4.78 is 7.45. The first-order valence-electron chi connectivity index (χ1n) is 10.0. The smallest absolute Gasteiger partial charge is 0.236 e. The van der Waals surface area contributed by atoms with Crippen molar-refractivity contribution in [3.8, 4) is 11.4 Å². The fourth-order valence-electron chi connectivity index (χ4n) is 3.50. The van der Waals surface area contributed by atoms with Crippen LogP contribution < -0.4 is 5.32 Å². The Morgan fingerprint density at radius 2 is 2.16 bits per heavy atom. The topological polar surface area (TPSA) is 98.7 Å². The molecular weight excluding hydrogens is 432 g/mol. The Bertz CT molecular complexity index is 1150. The lowest BCUT2D eigenvalue weighted by Gasteiger charge is -2.08. The van der Waals surface area contributed by atoms with Crippen LogP contribution in [0.25, 0.3) is 11.4 Å². The zero-order valence-corrected chi connectivity index (χ0v) is 18.3. The molecule has 0 bridgehead atoms. The number of amides is 1. The van der Waals surface area contributed by atoms with E-state index in [0.29, 0.717) is 22.7 Å². The van der Waals surface area contributed by atoms with Crippen LogP contribution in [0.1, 0.15) is 29.2 Å². The van der Waals surface area contributed by atoms with Gasteiger partial charge in [-0.1, -0.05) is 11.8 Å². The lowest BCUT2D eigenvalue weighted by atomic mass is 10.0. The molecule has 0 spiro atoms. The highest BCUT2D eigenvalue weighted by Crippen LogP contribution is 2.30. The maximum absolute atomic E-state index is 12.6. The van der Waals surface area contributed by atoms with Crippen molar-refractivity contribution in [2.24, 2.45) is 0 Å². The predicted molar refractivity (Wildman–Crippen MR) is 119 cm³/mol. The standard InChI is InChI=1S/C21H20N6O2S2/c28-18(24-20-23-16-7-1-2-8-17(16)31-20)13-30-21-26-25-19(14-5-3-9-22-11-14)27(21)12-15-6-4-10-29-15/h3-6,9-11H,1-2,7-8,12-13H2,(H,23,24,28). The third-order valence-corrected chi connectivity index (χ3v) is 6.99. The molecule has 5 rings (SSSR count). The number of carbonyl (C=O) groups is 1. The second kappa shape index (κ2) is 9.03. The minimum absolute atomic E-state index is 0.105. The maximum atomic E-state index is 12.6. The third kappa shape index (κ3) is 4.54. The summed E-state index contributed by atoms with van der Waals surface area (Å²) in [7, 11) is 0. The predicted octanol–water partition coefficient (Wildman–Crippen LogP) is 4.05. The molecule has 1 aliphatic carbocycles. The number of nitrogens with zero attached hydrogens (tertiary/aromatic N) is 5. The quantitative estimate of drug-likeness (QED) is 0.422. The Labute approximate surface area is 187 Å². The van der Waals surface area contributed by atoms with Crippen molar-refractivity contribution in [2.75, 3.05) is 11.1 Å². The fourth-order valence-corrected chi connectivity index (χ4v) is 5.30. The molecule has 0 atom stereocenters. The van der Waals surface area contributed by atoms with Crippen molar-refractivity contribution < 1.29 is 9.21 Å². The van der Waals surface area contributed by atoms with Crippen molar-refractivity contribution in [2.45, 2.75) is 37.4 Å². The molecule has 8 nitrogen and oxygen atoms in total. The van der Waals surface area contributed by atoms with Gasteiger partial charge in [-0.15, -0.1) is 21.5 Å². The van der Waals surface area contributed by atoms with E-state index in [1.54, 1.807) is 30.0 Å². The van der Waals surface area contributed by atoms with Gasteiger partial charge in [-0.05, 0) is 49.9 Å². The van der Waals surface area contributed by atoms with Gasteiger partial charge in [-0.2, -0.15) is 0 Å². The van der Waals surface area contributed by atoms with Gasteiger partial charge in [0.2, 0.25) is 5.91 Å². The van der Waals surface area contributed by atoms with Crippen LogP contribution in [0, 0.1) is 0 Å². The van der Waals surface area contributed by atoms with Gasteiger partial charge in [0, 0.05) is 22.8 Å². The number of nitrogens with one attached hydrogen (secondary N) is 1. The minimum atomic E-state index is -0.105. The Morgan fingerprint density at radius 3 is 2.97 bits per heavy atom. The normalized spacial score (nSPS) is 13.2. The van der Waals surface area contributed by atoms with E-state index in [2.05, 4.69) is 25.5 Å². The molecule has 1 N–H and O–H groups in total. The van der Waals surface area contributed by atoms with Gasteiger partial charge in [-0.25, -0.2) is 4.98 Å². The number of rotatable bonds is 7. The first-order valence-corrected chi connectivity index (χ1v) is 11.8. The Hall–Kier alpha value is -2.98. The average molecular weight is 453 g/mol. The first kappa shape index (κ1) is 20.0. The van der Waals surface area contributed by atoms with E-state index in [1.807, 2.05) is 28.8 Å². The number of carbonyl (C=O) groups excluding carboxylic acids is 1. The van der Waals surface area contributed by atoms with Crippen LogP contribution in [0.3, 0.4) is 0 Å². The molecular formula is C21H20N6O2S2. The summed E-state index contributed by atoms with van der Waals surface area (Å²) in [5, 5.41) is 12.9. The van der Waals surface area contributed by atoms with E-state index in [4.69, 9.17) is 4.42 Å². The minimum Gasteiger partial charge on any atom is -0.467 e. The second-order valence-electron chi connectivity index (χ2n) is 7.15. The van der Waals surface area contributed by atoms with E-state index in [9.17, 15) is 4.79 Å². The van der Waals surface area contributed by atoms with Crippen LogP contribution in [0.15, 0.2) is 52.5 Å². The molecule has 0 aromatic carbocycles. The number of aromatic nitrogens is 5.